The first kappa shape index (κ1) is 19.9. The van der Waals surface area contributed by atoms with Crippen molar-refractivity contribution in [2.24, 2.45) is 0 Å². The van der Waals surface area contributed by atoms with Gasteiger partial charge in [0.05, 0.1) is 0 Å². The molecule has 0 aliphatic heterocycles. The zero-order valence-electron chi connectivity index (χ0n) is 17.2. The van der Waals surface area contributed by atoms with E-state index < -0.39 is 5.97 Å². The van der Waals surface area contributed by atoms with Crippen molar-refractivity contribution in [1.82, 2.24) is 14.9 Å². The van der Waals surface area contributed by atoms with E-state index in [0.717, 1.165) is 33.2 Å². The van der Waals surface area contributed by atoms with Gasteiger partial charge in [0.1, 0.15) is 5.69 Å². The van der Waals surface area contributed by atoms with E-state index in [1.54, 1.807) is 6.20 Å². The van der Waals surface area contributed by atoms with Gasteiger partial charge < -0.3 is 15.0 Å². The number of carboxylic acids is 1. The molecule has 2 heterocycles. The number of carboxylic acid groups (broad SMARTS) is 1. The van der Waals surface area contributed by atoms with E-state index in [1.807, 2.05) is 47.2 Å². The van der Waals surface area contributed by atoms with E-state index in [2.05, 4.69) is 42.3 Å². The van der Waals surface area contributed by atoms with Crippen LogP contribution in [0.5, 0.6) is 0 Å². The summed E-state index contributed by atoms with van der Waals surface area (Å²) in [6, 6.07) is 18.1. The molecule has 5 heteroatoms. The molecule has 0 radical (unpaired) electrons. The van der Waals surface area contributed by atoms with E-state index in [9.17, 15) is 9.90 Å². The zero-order chi connectivity index (χ0) is 21.1. The molecule has 4 aromatic rings. The Kier molecular flexibility index (Phi) is 5.63. The van der Waals surface area contributed by atoms with Crippen LogP contribution in [0.1, 0.15) is 38.3 Å². The van der Waals surface area contributed by atoms with Gasteiger partial charge in [0.2, 0.25) is 0 Å². The smallest absolute Gasteiger partial charge is 0.352 e. The molecule has 2 N–H and O–H groups in total. The molecule has 0 fully saturated rings. The zero-order valence-corrected chi connectivity index (χ0v) is 17.2. The van der Waals surface area contributed by atoms with Gasteiger partial charge in [-0.1, -0.05) is 48.0 Å². The van der Waals surface area contributed by atoms with Crippen molar-refractivity contribution in [2.45, 2.75) is 33.5 Å². The predicted octanol–water partition coefficient (Wildman–Crippen LogP) is 4.69. The molecule has 152 valence electrons. The Labute approximate surface area is 176 Å². The lowest BCUT2D eigenvalue weighted by Crippen LogP contribution is -2.17. The molecule has 0 amide bonds. The van der Waals surface area contributed by atoms with Crippen LogP contribution >= 0.6 is 0 Å². The molecule has 0 saturated carbocycles. The molecule has 4 rings (SSSR count). The first-order valence-electron chi connectivity index (χ1n) is 10.0. The Morgan fingerprint density at radius 3 is 2.67 bits per heavy atom. The van der Waals surface area contributed by atoms with Crippen LogP contribution in [0.3, 0.4) is 0 Å². The molecule has 5 nitrogen and oxygen atoms in total. The fourth-order valence-corrected chi connectivity index (χ4v) is 3.94. The number of aromatic carboxylic acids is 1. The van der Waals surface area contributed by atoms with Crippen LogP contribution in [-0.2, 0) is 19.6 Å². The summed E-state index contributed by atoms with van der Waals surface area (Å²) in [5, 5.41) is 14.5. The van der Waals surface area contributed by atoms with E-state index in [0.29, 0.717) is 25.3 Å². The third kappa shape index (κ3) is 3.98. The molecule has 0 saturated heterocycles. The van der Waals surface area contributed by atoms with Gasteiger partial charge >= 0.3 is 5.97 Å². The maximum absolute atomic E-state index is 12.3. The maximum atomic E-state index is 12.3. The van der Waals surface area contributed by atoms with Gasteiger partial charge in [-0.15, -0.1) is 0 Å². The minimum absolute atomic E-state index is 0.343. The van der Waals surface area contributed by atoms with Gasteiger partial charge in [-0.2, -0.15) is 0 Å². The summed E-state index contributed by atoms with van der Waals surface area (Å²) in [6.07, 6.45) is 3.56. The largest absolute Gasteiger partial charge is 0.477 e. The van der Waals surface area contributed by atoms with Crippen LogP contribution in [0.4, 0.5) is 0 Å². The number of hydrogen-bond acceptors (Lipinski definition) is 3. The molecular formula is C25H25N3O2. The Morgan fingerprint density at radius 1 is 1.07 bits per heavy atom. The number of rotatable bonds is 7. The summed E-state index contributed by atoms with van der Waals surface area (Å²) in [4.78, 5) is 16.5. The van der Waals surface area contributed by atoms with Crippen molar-refractivity contribution in [3.63, 3.8) is 0 Å². The van der Waals surface area contributed by atoms with Crippen molar-refractivity contribution >= 4 is 16.9 Å². The summed E-state index contributed by atoms with van der Waals surface area (Å²) in [5.74, 6) is -0.908. The van der Waals surface area contributed by atoms with Crippen molar-refractivity contribution in [2.75, 3.05) is 0 Å². The van der Waals surface area contributed by atoms with Crippen LogP contribution in [0.2, 0.25) is 0 Å². The number of carbonyl (C=O) groups is 1. The van der Waals surface area contributed by atoms with Crippen LogP contribution < -0.4 is 5.32 Å². The van der Waals surface area contributed by atoms with Crippen LogP contribution in [0.15, 0.2) is 67.0 Å². The number of para-hydroxylation sites is 1. The molecule has 0 unspecified atom stereocenters. The number of nitrogens with zero attached hydrogens (tertiary/aromatic N) is 2. The fourth-order valence-electron chi connectivity index (χ4n) is 3.94. The number of pyridine rings is 1. The SMILES string of the molecule is Cc1ccc(C)c(Cn2c(C(=O)O)c(CNCc3cccnc3)c3ccccc32)c1. The Bertz CT molecular complexity index is 1200. The first-order chi connectivity index (χ1) is 14.5. The molecule has 2 aromatic heterocycles. The highest BCUT2D eigenvalue weighted by atomic mass is 16.4. The van der Waals surface area contributed by atoms with E-state index in [-0.39, 0.29) is 0 Å². The molecular weight excluding hydrogens is 374 g/mol. The molecule has 0 bridgehead atoms. The Hall–Kier alpha value is -3.44. The predicted molar refractivity (Wildman–Crippen MR) is 119 cm³/mol. The minimum atomic E-state index is -0.908. The number of nitrogens with one attached hydrogen (secondary N) is 1. The third-order valence-electron chi connectivity index (χ3n) is 5.47. The van der Waals surface area contributed by atoms with Gasteiger partial charge in [0.25, 0.3) is 0 Å². The molecule has 0 aliphatic rings. The Morgan fingerprint density at radius 2 is 1.90 bits per heavy atom. The number of aromatic nitrogens is 2. The van der Waals surface area contributed by atoms with E-state index in [1.165, 1.54) is 5.56 Å². The van der Waals surface area contributed by atoms with Crippen LogP contribution in [0.25, 0.3) is 10.9 Å². The quantitative estimate of drug-likeness (QED) is 0.473. The summed E-state index contributed by atoms with van der Waals surface area (Å²) in [6.45, 7) is 5.75. The summed E-state index contributed by atoms with van der Waals surface area (Å²) >= 11 is 0. The highest BCUT2D eigenvalue weighted by Crippen LogP contribution is 2.28. The molecule has 30 heavy (non-hydrogen) atoms. The Balaban J connectivity index is 1.74. The van der Waals surface area contributed by atoms with Crippen molar-refractivity contribution in [3.05, 3.63) is 101 Å². The average Bonchev–Trinajstić information content (AvgIpc) is 3.05. The van der Waals surface area contributed by atoms with Crippen molar-refractivity contribution in [1.29, 1.82) is 0 Å². The molecule has 0 atom stereocenters. The van der Waals surface area contributed by atoms with Gasteiger partial charge in [-0.3, -0.25) is 4.98 Å². The molecule has 0 spiro atoms. The van der Waals surface area contributed by atoms with Gasteiger partial charge in [-0.25, -0.2) is 4.79 Å². The average molecular weight is 399 g/mol. The monoisotopic (exact) mass is 399 g/mol. The lowest BCUT2D eigenvalue weighted by atomic mass is 10.1. The molecule has 2 aromatic carbocycles. The fraction of sp³-hybridized carbons (Fsp3) is 0.200. The van der Waals surface area contributed by atoms with E-state index in [4.69, 9.17) is 0 Å². The van der Waals surface area contributed by atoms with Gasteiger partial charge in [0, 0.05) is 48.5 Å². The van der Waals surface area contributed by atoms with E-state index >= 15 is 0 Å². The summed E-state index contributed by atoms with van der Waals surface area (Å²) in [5.41, 5.74) is 6.62. The normalized spacial score (nSPS) is 11.1. The number of fused-ring (bicyclic) bond motifs is 1. The van der Waals surface area contributed by atoms with Gasteiger partial charge in [0.15, 0.2) is 0 Å². The third-order valence-corrected chi connectivity index (χ3v) is 5.47. The standard InChI is InChI=1S/C25H25N3O2/c1-17-9-10-18(2)20(12-17)16-28-23-8-4-3-7-21(23)22(24(28)25(29)30)15-27-14-19-6-5-11-26-13-19/h3-13,27H,14-16H2,1-2H3,(H,29,30). The van der Waals surface area contributed by atoms with Crippen LogP contribution in [-0.4, -0.2) is 20.6 Å². The molecule has 0 aliphatic carbocycles. The summed E-state index contributed by atoms with van der Waals surface area (Å²) in [7, 11) is 0. The number of benzene rings is 2. The van der Waals surface area contributed by atoms with Crippen LogP contribution in [0, 0.1) is 13.8 Å². The van der Waals surface area contributed by atoms with Crippen molar-refractivity contribution in [3.8, 4) is 0 Å². The lowest BCUT2D eigenvalue weighted by molar-refractivity contribution is 0.0684. The minimum Gasteiger partial charge on any atom is -0.477 e. The second kappa shape index (κ2) is 8.51. The summed E-state index contributed by atoms with van der Waals surface area (Å²) < 4.78 is 1.93. The lowest BCUT2D eigenvalue weighted by Gasteiger charge is -2.12. The second-order valence-corrected chi connectivity index (χ2v) is 7.63. The first-order valence-corrected chi connectivity index (χ1v) is 10.0. The second-order valence-electron chi connectivity index (χ2n) is 7.63. The highest BCUT2D eigenvalue weighted by Gasteiger charge is 2.22. The topological polar surface area (TPSA) is 67.2 Å². The van der Waals surface area contributed by atoms with Crippen molar-refractivity contribution < 1.29 is 9.90 Å². The maximum Gasteiger partial charge on any atom is 0.352 e. The van der Waals surface area contributed by atoms with Gasteiger partial charge in [-0.05, 0) is 42.7 Å². The highest BCUT2D eigenvalue weighted by molar-refractivity contribution is 5.98. The number of hydrogen-bond donors (Lipinski definition) is 2. The number of aryl methyl sites for hydroxylation is 2.